The van der Waals surface area contributed by atoms with Gasteiger partial charge in [0.05, 0.1) is 11.0 Å². The van der Waals surface area contributed by atoms with Gasteiger partial charge in [0.2, 0.25) is 5.95 Å². The molecular formula is C28H37N3O2. The van der Waals surface area contributed by atoms with Gasteiger partial charge in [0, 0.05) is 18.2 Å². The second kappa shape index (κ2) is 9.20. The molecule has 0 saturated heterocycles. The Morgan fingerprint density at radius 1 is 1.18 bits per heavy atom. The Morgan fingerprint density at radius 3 is 2.55 bits per heavy atom. The van der Waals surface area contributed by atoms with E-state index in [4.69, 9.17) is 10.1 Å². The molecule has 1 saturated carbocycles. The Hall–Kier alpha value is -2.82. The normalized spacial score (nSPS) is 20.3. The summed E-state index contributed by atoms with van der Waals surface area (Å²) in [6.45, 7) is 11.5. The molecule has 2 unspecified atom stereocenters. The zero-order valence-corrected chi connectivity index (χ0v) is 20.6. The zero-order valence-electron chi connectivity index (χ0n) is 20.6. The van der Waals surface area contributed by atoms with Gasteiger partial charge in [-0.1, -0.05) is 52.8 Å². The molecule has 0 radical (unpaired) electrons. The highest BCUT2D eigenvalue weighted by Crippen LogP contribution is 2.46. The largest absolute Gasteiger partial charge is 0.481 e. The van der Waals surface area contributed by atoms with Crippen LogP contribution in [0.1, 0.15) is 83.4 Å². The van der Waals surface area contributed by atoms with E-state index in [9.17, 15) is 4.79 Å². The molecule has 0 bridgehead atoms. The molecule has 176 valence electrons. The lowest BCUT2D eigenvalue weighted by Crippen LogP contribution is -2.29. The van der Waals surface area contributed by atoms with E-state index in [0.29, 0.717) is 24.3 Å². The first kappa shape index (κ1) is 23.3. The molecule has 5 nitrogen and oxygen atoms in total. The van der Waals surface area contributed by atoms with Crippen molar-refractivity contribution >= 4 is 28.6 Å². The molecule has 2 atom stereocenters. The molecule has 1 aliphatic carbocycles. The van der Waals surface area contributed by atoms with Crippen molar-refractivity contribution in [2.24, 2.45) is 11.3 Å². The number of hydrogen-bond donors (Lipinski definition) is 2. The van der Waals surface area contributed by atoms with Crippen LogP contribution in [0.25, 0.3) is 11.0 Å². The fourth-order valence-corrected chi connectivity index (χ4v) is 5.58. The number of carboxylic acids is 1. The molecule has 1 aliphatic rings. The highest BCUT2D eigenvalue weighted by atomic mass is 16.4. The van der Waals surface area contributed by atoms with Crippen molar-refractivity contribution < 1.29 is 9.90 Å². The lowest BCUT2D eigenvalue weighted by molar-refractivity contribution is -0.136. The number of nitrogens with one attached hydrogen (secondary N) is 1. The molecule has 0 spiro atoms. The third-order valence-corrected chi connectivity index (χ3v) is 6.94. The van der Waals surface area contributed by atoms with Crippen molar-refractivity contribution in [1.29, 1.82) is 0 Å². The molecule has 2 N–H and O–H groups in total. The van der Waals surface area contributed by atoms with Crippen LogP contribution in [0.2, 0.25) is 0 Å². The molecule has 5 heteroatoms. The molecule has 1 heterocycles. The molecular weight excluding hydrogens is 410 g/mol. The first-order valence-corrected chi connectivity index (χ1v) is 12.2. The van der Waals surface area contributed by atoms with Gasteiger partial charge in [-0.2, -0.15) is 0 Å². The quantitative estimate of drug-likeness (QED) is 0.398. The van der Waals surface area contributed by atoms with Crippen LogP contribution in [-0.2, 0) is 11.2 Å². The van der Waals surface area contributed by atoms with Crippen LogP contribution in [-0.4, -0.2) is 20.6 Å². The van der Waals surface area contributed by atoms with Crippen LogP contribution in [0.4, 0.5) is 11.6 Å². The zero-order chi connectivity index (χ0) is 23.8. The first-order valence-electron chi connectivity index (χ1n) is 12.2. The third-order valence-electron chi connectivity index (χ3n) is 6.94. The average Bonchev–Trinajstić information content (AvgIpc) is 3.08. The van der Waals surface area contributed by atoms with Crippen molar-refractivity contribution in [3.05, 3.63) is 53.6 Å². The minimum Gasteiger partial charge on any atom is -0.481 e. The maximum Gasteiger partial charge on any atom is 0.303 e. The summed E-state index contributed by atoms with van der Waals surface area (Å²) >= 11 is 0. The molecule has 0 amide bonds. The predicted octanol–water partition coefficient (Wildman–Crippen LogP) is 7.31. The number of rotatable bonds is 7. The number of fused-ring (bicyclic) bond motifs is 1. The van der Waals surface area contributed by atoms with Crippen LogP contribution in [0.5, 0.6) is 0 Å². The number of anilines is 2. The Bertz CT molecular complexity index is 1130. The van der Waals surface area contributed by atoms with Gasteiger partial charge in [-0.15, -0.1) is 0 Å². The van der Waals surface area contributed by atoms with Crippen LogP contribution in [0.15, 0.2) is 42.5 Å². The Balaban J connectivity index is 1.74. The molecule has 33 heavy (non-hydrogen) atoms. The van der Waals surface area contributed by atoms with Gasteiger partial charge < -0.3 is 15.0 Å². The number of imidazole rings is 1. The molecule has 0 aliphatic heterocycles. The molecule has 1 fully saturated rings. The molecule has 3 aromatic rings. The topological polar surface area (TPSA) is 67.2 Å². The van der Waals surface area contributed by atoms with Crippen LogP contribution in [0, 0.1) is 11.3 Å². The fourth-order valence-electron chi connectivity index (χ4n) is 5.58. The van der Waals surface area contributed by atoms with Gasteiger partial charge in [0.1, 0.15) is 0 Å². The van der Waals surface area contributed by atoms with Crippen molar-refractivity contribution in [1.82, 2.24) is 9.55 Å². The van der Waals surface area contributed by atoms with E-state index in [1.54, 1.807) is 0 Å². The number of carbonyl (C=O) groups is 1. The first-order chi connectivity index (χ1) is 15.6. The van der Waals surface area contributed by atoms with E-state index in [2.05, 4.69) is 87.0 Å². The van der Waals surface area contributed by atoms with Crippen LogP contribution < -0.4 is 5.32 Å². The summed E-state index contributed by atoms with van der Waals surface area (Å²) in [5.41, 5.74) is 5.70. The van der Waals surface area contributed by atoms with Crippen molar-refractivity contribution in [2.75, 3.05) is 5.32 Å². The van der Waals surface area contributed by atoms with Crippen molar-refractivity contribution in [3.8, 4) is 0 Å². The standard InChI is InChI=1S/C28H37N3O2/c1-18(2)21-8-10-22(11-9-21)29-27-30-24-15-20(7-13-26(32)33)6-12-25(24)31(27)23-14-19(3)16-28(4,5)17-23/h6,8-12,15,18-19,23H,7,13-14,16-17H2,1-5H3,(H,29,30)(H,32,33). The maximum absolute atomic E-state index is 11.0. The van der Waals surface area contributed by atoms with Crippen molar-refractivity contribution in [2.45, 2.75) is 78.7 Å². The number of hydrogen-bond acceptors (Lipinski definition) is 3. The summed E-state index contributed by atoms with van der Waals surface area (Å²) < 4.78 is 2.39. The van der Waals surface area contributed by atoms with E-state index in [1.807, 2.05) is 0 Å². The number of aromatic nitrogens is 2. The van der Waals surface area contributed by atoms with E-state index >= 15 is 0 Å². The summed E-state index contributed by atoms with van der Waals surface area (Å²) in [5, 5.41) is 12.7. The number of benzene rings is 2. The van der Waals surface area contributed by atoms with E-state index in [-0.39, 0.29) is 11.8 Å². The van der Waals surface area contributed by atoms with Crippen molar-refractivity contribution in [3.63, 3.8) is 0 Å². The van der Waals surface area contributed by atoms with E-state index in [1.165, 1.54) is 12.0 Å². The SMILES string of the molecule is CC1CC(n2c(Nc3ccc(C(C)C)cc3)nc3cc(CCC(=O)O)ccc32)CC(C)(C)C1. The summed E-state index contributed by atoms with van der Waals surface area (Å²) in [5.74, 6) is 1.25. The lowest BCUT2D eigenvalue weighted by Gasteiger charge is -2.40. The highest BCUT2D eigenvalue weighted by Gasteiger charge is 2.34. The predicted molar refractivity (Wildman–Crippen MR) is 135 cm³/mol. The molecule has 2 aromatic carbocycles. The van der Waals surface area contributed by atoms with Gasteiger partial charge in [-0.25, -0.2) is 4.98 Å². The second-order valence-corrected chi connectivity index (χ2v) is 11.0. The van der Waals surface area contributed by atoms with Crippen LogP contribution >= 0.6 is 0 Å². The Kier molecular flexibility index (Phi) is 6.51. The minimum atomic E-state index is -0.772. The van der Waals surface area contributed by atoms with E-state index < -0.39 is 5.97 Å². The summed E-state index contributed by atoms with van der Waals surface area (Å²) in [7, 11) is 0. The Morgan fingerprint density at radius 2 is 1.91 bits per heavy atom. The number of aryl methyl sites for hydroxylation is 1. The molecule has 1 aromatic heterocycles. The summed E-state index contributed by atoms with van der Waals surface area (Å²) in [6, 6.07) is 15.2. The van der Waals surface area contributed by atoms with Crippen LogP contribution in [0.3, 0.4) is 0 Å². The highest BCUT2D eigenvalue weighted by molar-refractivity contribution is 5.81. The van der Waals surface area contributed by atoms with Gasteiger partial charge in [-0.05, 0) is 78.3 Å². The monoisotopic (exact) mass is 447 g/mol. The summed E-state index contributed by atoms with van der Waals surface area (Å²) in [4.78, 5) is 16.0. The van der Waals surface area contributed by atoms with Gasteiger partial charge in [-0.3, -0.25) is 4.79 Å². The summed E-state index contributed by atoms with van der Waals surface area (Å²) in [6.07, 6.45) is 4.15. The van der Waals surface area contributed by atoms with Gasteiger partial charge in [0.25, 0.3) is 0 Å². The number of carboxylic acid groups (broad SMARTS) is 1. The number of aliphatic carboxylic acids is 1. The maximum atomic E-state index is 11.0. The average molecular weight is 448 g/mol. The lowest BCUT2D eigenvalue weighted by atomic mass is 9.70. The fraction of sp³-hybridized carbons (Fsp3) is 0.500. The number of nitrogens with zero attached hydrogens (tertiary/aromatic N) is 2. The van der Waals surface area contributed by atoms with Gasteiger partial charge in [0.15, 0.2) is 0 Å². The minimum absolute atomic E-state index is 0.133. The smallest absolute Gasteiger partial charge is 0.303 e. The second-order valence-electron chi connectivity index (χ2n) is 11.0. The molecule has 4 rings (SSSR count). The van der Waals surface area contributed by atoms with E-state index in [0.717, 1.165) is 41.1 Å². The van der Waals surface area contributed by atoms with Gasteiger partial charge >= 0.3 is 5.97 Å². The Labute approximate surface area is 197 Å². The third kappa shape index (κ3) is 5.40.